The molecule has 0 aromatic carbocycles. The molecule has 90 valence electrons. The molecular formula is C13H22N2O. The normalized spacial score (nSPS) is 14.8. The molecule has 1 aromatic heterocycles. The predicted molar refractivity (Wildman–Crippen MR) is 66.5 cm³/mol. The lowest BCUT2D eigenvalue weighted by Gasteiger charge is -2.26. The number of likely N-dealkylation sites (N-methyl/N-ethyl adjacent to an activating group) is 1. The lowest BCUT2D eigenvalue weighted by molar-refractivity contribution is 0.0333. The minimum Gasteiger partial charge on any atom is -0.377 e. The monoisotopic (exact) mass is 222 g/mol. The topological polar surface area (TPSA) is 34.1 Å². The molecule has 0 saturated heterocycles. The molecule has 0 radical (unpaired) electrons. The van der Waals surface area contributed by atoms with Crippen LogP contribution in [0.15, 0.2) is 18.5 Å². The van der Waals surface area contributed by atoms with Crippen LogP contribution in [0.4, 0.5) is 0 Å². The minimum atomic E-state index is 0.207. The Morgan fingerprint density at radius 2 is 2.12 bits per heavy atom. The molecule has 1 N–H and O–H groups in total. The Morgan fingerprint density at radius 1 is 1.38 bits per heavy atom. The number of ether oxygens (including phenoxy) is 1. The first-order valence-electron chi connectivity index (χ1n) is 5.93. The van der Waals surface area contributed by atoms with Crippen molar-refractivity contribution in [2.75, 3.05) is 13.7 Å². The second-order valence-electron chi connectivity index (χ2n) is 3.96. The van der Waals surface area contributed by atoms with Crippen molar-refractivity contribution in [3.8, 4) is 0 Å². The van der Waals surface area contributed by atoms with Crippen molar-refractivity contribution in [3.05, 3.63) is 29.6 Å². The smallest absolute Gasteiger partial charge is 0.0767 e. The number of hydrogen-bond acceptors (Lipinski definition) is 3. The number of pyridine rings is 1. The molecule has 2 atom stereocenters. The largest absolute Gasteiger partial charge is 0.377 e. The molecular weight excluding hydrogens is 200 g/mol. The third-order valence-electron chi connectivity index (χ3n) is 2.72. The Hall–Kier alpha value is -0.930. The van der Waals surface area contributed by atoms with Gasteiger partial charge in [0.1, 0.15) is 0 Å². The van der Waals surface area contributed by atoms with Crippen LogP contribution in [0.1, 0.15) is 37.4 Å². The van der Waals surface area contributed by atoms with E-state index >= 15 is 0 Å². The summed E-state index contributed by atoms with van der Waals surface area (Å²) < 4.78 is 5.75. The number of nitrogens with one attached hydrogen (secondary N) is 1. The van der Waals surface area contributed by atoms with E-state index in [1.165, 1.54) is 11.1 Å². The third-order valence-corrected chi connectivity index (χ3v) is 2.72. The van der Waals surface area contributed by atoms with E-state index in [1.54, 1.807) is 0 Å². The summed E-state index contributed by atoms with van der Waals surface area (Å²) >= 11 is 0. The van der Waals surface area contributed by atoms with E-state index in [4.69, 9.17) is 4.74 Å². The molecule has 3 nitrogen and oxygen atoms in total. The summed E-state index contributed by atoms with van der Waals surface area (Å²) in [6.07, 6.45) is 4.99. The van der Waals surface area contributed by atoms with E-state index in [-0.39, 0.29) is 12.1 Å². The molecule has 1 heterocycles. The summed E-state index contributed by atoms with van der Waals surface area (Å²) in [5.41, 5.74) is 2.38. The van der Waals surface area contributed by atoms with Gasteiger partial charge in [-0.1, -0.05) is 13.0 Å². The van der Waals surface area contributed by atoms with Gasteiger partial charge in [0.2, 0.25) is 0 Å². The van der Waals surface area contributed by atoms with Gasteiger partial charge in [0, 0.05) is 19.0 Å². The van der Waals surface area contributed by atoms with Crippen LogP contribution in [0.3, 0.4) is 0 Å². The molecule has 0 spiro atoms. The molecule has 1 aromatic rings. The Balaban J connectivity index is 2.87. The second-order valence-corrected chi connectivity index (χ2v) is 3.96. The van der Waals surface area contributed by atoms with Gasteiger partial charge in [0.25, 0.3) is 0 Å². The molecule has 0 fully saturated rings. The van der Waals surface area contributed by atoms with Crippen LogP contribution in [-0.4, -0.2) is 24.7 Å². The first-order chi connectivity index (χ1) is 7.72. The van der Waals surface area contributed by atoms with Crippen LogP contribution in [0, 0.1) is 6.92 Å². The summed E-state index contributed by atoms with van der Waals surface area (Å²) in [5, 5.41) is 3.32. The molecule has 0 saturated carbocycles. The van der Waals surface area contributed by atoms with Crippen LogP contribution < -0.4 is 5.32 Å². The maximum Gasteiger partial charge on any atom is 0.0767 e. The fourth-order valence-corrected chi connectivity index (χ4v) is 1.98. The lowest BCUT2D eigenvalue weighted by atomic mass is 10.0. The Labute approximate surface area is 98.2 Å². The first kappa shape index (κ1) is 13.1. The van der Waals surface area contributed by atoms with E-state index in [9.17, 15) is 0 Å². The average Bonchev–Trinajstić information content (AvgIpc) is 2.29. The summed E-state index contributed by atoms with van der Waals surface area (Å²) in [7, 11) is 1.97. The van der Waals surface area contributed by atoms with Gasteiger partial charge in [-0.2, -0.15) is 0 Å². The predicted octanol–water partition coefficient (Wildman–Crippen LogP) is 2.47. The van der Waals surface area contributed by atoms with Gasteiger partial charge >= 0.3 is 0 Å². The Bertz CT molecular complexity index is 315. The SMILES string of the molecule is CCOC(CC)C(NC)c1cncc(C)c1. The van der Waals surface area contributed by atoms with Gasteiger partial charge in [-0.25, -0.2) is 0 Å². The standard InChI is InChI=1S/C13H22N2O/c1-5-12(16-6-2)13(14-4)11-7-10(3)8-15-9-11/h7-9,12-14H,5-6H2,1-4H3. The van der Waals surface area contributed by atoms with Gasteiger partial charge < -0.3 is 10.1 Å². The number of nitrogens with zero attached hydrogens (tertiary/aromatic N) is 1. The highest BCUT2D eigenvalue weighted by Gasteiger charge is 2.20. The van der Waals surface area contributed by atoms with Gasteiger partial charge in [0.05, 0.1) is 12.1 Å². The van der Waals surface area contributed by atoms with Crippen molar-refractivity contribution in [2.24, 2.45) is 0 Å². The molecule has 0 aliphatic carbocycles. The molecule has 1 rings (SSSR count). The van der Waals surface area contributed by atoms with Crippen LogP contribution >= 0.6 is 0 Å². The van der Waals surface area contributed by atoms with Crippen molar-refractivity contribution >= 4 is 0 Å². The average molecular weight is 222 g/mol. The molecule has 0 bridgehead atoms. The number of hydrogen-bond donors (Lipinski definition) is 1. The van der Waals surface area contributed by atoms with Crippen molar-refractivity contribution in [3.63, 3.8) is 0 Å². The van der Waals surface area contributed by atoms with E-state index in [2.05, 4.69) is 30.2 Å². The second kappa shape index (κ2) is 6.61. The Morgan fingerprint density at radius 3 is 2.62 bits per heavy atom. The van der Waals surface area contributed by atoms with Crippen LogP contribution in [0.2, 0.25) is 0 Å². The van der Waals surface area contributed by atoms with Gasteiger partial charge in [-0.3, -0.25) is 4.98 Å². The quantitative estimate of drug-likeness (QED) is 0.803. The van der Waals surface area contributed by atoms with E-state index in [1.807, 2.05) is 26.4 Å². The van der Waals surface area contributed by atoms with Crippen molar-refractivity contribution < 1.29 is 4.74 Å². The number of aryl methyl sites for hydroxylation is 1. The van der Waals surface area contributed by atoms with Gasteiger partial charge in [-0.15, -0.1) is 0 Å². The molecule has 3 heteroatoms. The summed E-state index contributed by atoms with van der Waals surface area (Å²) in [4.78, 5) is 4.23. The van der Waals surface area contributed by atoms with E-state index in [0.717, 1.165) is 13.0 Å². The van der Waals surface area contributed by atoms with Gasteiger partial charge in [-0.05, 0) is 38.4 Å². The fraction of sp³-hybridized carbons (Fsp3) is 0.615. The zero-order chi connectivity index (χ0) is 12.0. The minimum absolute atomic E-state index is 0.207. The summed E-state index contributed by atoms with van der Waals surface area (Å²) in [6, 6.07) is 2.38. The van der Waals surface area contributed by atoms with Crippen molar-refractivity contribution in [1.82, 2.24) is 10.3 Å². The molecule has 16 heavy (non-hydrogen) atoms. The van der Waals surface area contributed by atoms with E-state index in [0.29, 0.717) is 0 Å². The lowest BCUT2D eigenvalue weighted by Crippen LogP contribution is -2.31. The van der Waals surface area contributed by atoms with Crippen molar-refractivity contribution in [2.45, 2.75) is 39.3 Å². The van der Waals surface area contributed by atoms with E-state index < -0.39 is 0 Å². The fourth-order valence-electron chi connectivity index (χ4n) is 1.98. The zero-order valence-corrected chi connectivity index (χ0v) is 10.7. The van der Waals surface area contributed by atoms with Crippen LogP contribution in [0.25, 0.3) is 0 Å². The Kier molecular flexibility index (Phi) is 5.43. The van der Waals surface area contributed by atoms with Crippen LogP contribution in [0.5, 0.6) is 0 Å². The highest BCUT2D eigenvalue weighted by atomic mass is 16.5. The van der Waals surface area contributed by atoms with Crippen molar-refractivity contribution in [1.29, 1.82) is 0 Å². The number of rotatable bonds is 6. The first-order valence-corrected chi connectivity index (χ1v) is 5.93. The summed E-state index contributed by atoms with van der Waals surface area (Å²) in [5.74, 6) is 0. The van der Waals surface area contributed by atoms with Crippen LogP contribution in [-0.2, 0) is 4.74 Å². The molecule has 0 aliphatic rings. The maximum absolute atomic E-state index is 5.75. The zero-order valence-electron chi connectivity index (χ0n) is 10.7. The summed E-state index contributed by atoms with van der Waals surface area (Å²) in [6.45, 7) is 6.98. The number of aromatic nitrogens is 1. The molecule has 0 aliphatic heterocycles. The highest BCUT2D eigenvalue weighted by molar-refractivity contribution is 5.21. The van der Waals surface area contributed by atoms with Gasteiger partial charge in [0.15, 0.2) is 0 Å². The molecule has 2 unspecified atom stereocenters. The maximum atomic E-state index is 5.75. The highest BCUT2D eigenvalue weighted by Crippen LogP contribution is 2.21. The third kappa shape index (κ3) is 3.29. The molecule has 0 amide bonds.